The van der Waals surface area contributed by atoms with Gasteiger partial charge in [0.25, 0.3) is 0 Å². The zero-order chi connectivity index (χ0) is 14.7. The second-order valence-electron chi connectivity index (χ2n) is 4.76. The quantitative estimate of drug-likeness (QED) is 0.699. The average Bonchev–Trinajstić information content (AvgIpc) is 2.94. The molecule has 6 nitrogen and oxygen atoms in total. The van der Waals surface area contributed by atoms with Gasteiger partial charge in [-0.05, 0) is 24.6 Å². The first-order valence-corrected chi connectivity index (χ1v) is 6.86. The van der Waals surface area contributed by atoms with Crippen molar-refractivity contribution in [2.45, 2.75) is 6.92 Å². The van der Waals surface area contributed by atoms with Gasteiger partial charge in [0.15, 0.2) is 0 Å². The Labute approximate surface area is 122 Å². The van der Waals surface area contributed by atoms with Gasteiger partial charge >= 0.3 is 0 Å². The van der Waals surface area contributed by atoms with Crippen LogP contribution in [0.25, 0.3) is 22.2 Å². The minimum atomic E-state index is 0.559. The number of nitrogens with one attached hydrogen (secondary N) is 2. The minimum absolute atomic E-state index is 0.559. The number of likely N-dealkylation sites (N-methyl/N-ethyl adjacent to an activating group) is 1. The fourth-order valence-corrected chi connectivity index (χ4v) is 2.17. The highest BCUT2D eigenvalue weighted by Gasteiger charge is 2.08. The van der Waals surface area contributed by atoms with E-state index in [1.165, 1.54) is 0 Å². The van der Waals surface area contributed by atoms with Crippen molar-refractivity contribution in [3.8, 4) is 11.4 Å². The van der Waals surface area contributed by atoms with Gasteiger partial charge in [-0.2, -0.15) is 4.98 Å². The number of nitrogens with zero attached hydrogens (tertiary/aromatic N) is 3. The fourth-order valence-electron chi connectivity index (χ4n) is 2.17. The fraction of sp³-hybridized carbons (Fsp3) is 0.267. The molecule has 3 rings (SSSR count). The summed E-state index contributed by atoms with van der Waals surface area (Å²) in [6, 6.07) is 8.06. The molecule has 6 heteroatoms. The van der Waals surface area contributed by atoms with Crippen LogP contribution in [0.15, 0.2) is 35.0 Å². The lowest BCUT2D eigenvalue weighted by molar-refractivity contribution is 0.394. The molecule has 2 heterocycles. The number of hydrogen-bond acceptors (Lipinski definition) is 6. The number of rotatable bonds is 5. The number of benzene rings is 1. The van der Waals surface area contributed by atoms with Crippen LogP contribution in [0.2, 0.25) is 0 Å². The molecular formula is C15H17N5O. The molecule has 21 heavy (non-hydrogen) atoms. The van der Waals surface area contributed by atoms with Crippen LogP contribution in [0.3, 0.4) is 0 Å². The van der Waals surface area contributed by atoms with E-state index in [0.717, 1.165) is 35.2 Å². The molecular weight excluding hydrogens is 266 g/mol. The normalized spacial score (nSPS) is 11.0. The molecule has 0 radical (unpaired) electrons. The largest absolute Gasteiger partial charge is 0.368 e. The molecule has 0 aliphatic carbocycles. The third kappa shape index (κ3) is 2.85. The van der Waals surface area contributed by atoms with Crippen LogP contribution in [0.5, 0.6) is 0 Å². The van der Waals surface area contributed by atoms with E-state index in [0.29, 0.717) is 11.7 Å². The van der Waals surface area contributed by atoms with Gasteiger partial charge in [0.1, 0.15) is 5.82 Å². The smallest absolute Gasteiger partial charge is 0.223 e. The van der Waals surface area contributed by atoms with Gasteiger partial charge in [-0.15, -0.1) is 0 Å². The van der Waals surface area contributed by atoms with E-state index in [1.54, 1.807) is 6.92 Å². The van der Waals surface area contributed by atoms with E-state index in [9.17, 15) is 0 Å². The molecule has 0 saturated heterocycles. The van der Waals surface area contributed by atoms with Crippen LogP contribution in [0, 0.1) is 6.92 Å². The number of fused-ring (bicyclic) bond motifs is 1. The van der Waals surface area contributed by atoms with Crippen LogP contribution in [-0.2, 0) is 0 Å². The van der Waals surface area contributed by atoms with Crippen LogP contribution in [0.4, 0.5) is 5.82 Å². The highest BCUT2D eigenvalue weighted by molar-refractivity contribution is 5.94. The predicted octanol–water partition coefficient (Wildman–Crippen LogP) is 2.22. The molecule has 108 valence electrons. The summed E-state index contributed by atoms with van der Waals surface area (Å²) in [6.45, 7) is 3.47. The van der Waals surface area contributed by atoms with Crippen LogP contribution >= 0.6 is 0 Å². The van der Waals surface area contributed by atoms with E-state index in [2.05, 4.69) is 25.8 Å². The third-order valence-corrected chi connectivity index (χ3v) is 3.22. The standard InChI is InChI=1S/C15H17N5O/c1-10-19-14(20-21-10)12-4-3-11-5-6-17-15(13(11)9-12)18-8-7-16-2/h3-6,9,16H,7-8H2,1-2H3,(H,17,18). The van der Waals surface area contributed by atoms with Gasteiger partial charge in [0.2, 0.25) is 11.7 Å². The molecule has 0 fully saturated rings. The summed E-state index contributed by atoms with van der Waals surface area (Å²) in [4.78, 5) is 8.68. The molecule has 1 aromatic carbocycles. The van der Waals surface area contributed by atoms with Gasteiger partial charge in [0, 0.05) is 37.2 Å². The van der Waals surface area contributed by atoms with Crippen LogP contribution < -0.4 is 10.6 Å². The molecule has 3 aromatic rings. The van der Waals surface area contributed by atoms with Crippen molar-refractivity contribution < 1.29 is 4.52 Å². The third-order valence-electron chi connectivity index (χ3n) is 3.22. The van der Waals surface area contributed by atoms with Gasteiger partial charge in [-0.3, -0.25) is 0 Å². The molecule has 0 amide bonds. The van der Waals surface area contributed by atoms with Gasteiger partial charge < -0.3 is 15.2 Å². The van der Waals surface area contributed by atoms with E-state index in [-0.39, 0.29) is 0 Å². The van der Waals surface area contributed by atoms with Crippen LogP contribution in [-0.4, -0.2) is 35.3 Å². The second-order valence-corrected chi connectivity index (χ2v) is 4.76. The Morgan fingerprint density at radius 2 is 2.10 bits per heavy atom. The number of aromatic nitrogens is 3. The Morgan fingerprint density at radius 3 is 2.86 bits per heavy atom. The lowest BCUT2D eigenvalue weighted by atomic mass is 10.1. The highest BCUT2D eigenvalue weighted by atomic mass is 16.5. The molecule has 2 aromatic heterocycles. The van der Waals surface area contributed by atoms with Crippen LogP contribution in [0.1, 0.15) is 5.89 Å². The highest BCUT2D eigenvalue weighted by Crippen LogP contribution is 2.26. The van der Waals surface area contributed by atoms with Crippen molar-refractivity contribution in [3.05, 3.63) is 36.4 Å². The van der Waals surface area contributed by atoms with Gasteiger partial charge in [-0.25, -0.2) is 4.98 Å². The van der Waals surface area contributed by atoms with Crippen molar-refractivity contribution in [1.82, 2.24) is 20.4 Å². The summed E-state index contributed by atoms with van der Waals surface area (Å²) in [5, 5.41) is 12.6. The van der Waals surface area contributed by atoms with E-state index < -0.39 is 0 Å². The summed E-state index contributed by atoms with van der Waals surface area (Å²) in [5.41, 5.74) is 0.920. The van der Waals surface area contributed by atoms with Crippen molar-refractivity contribution in [2.24, 2.45) is 0 Å². The summed E-state index contributed by atoms with van der Waals surface area (Å²) in [5.74, 6) is 2.02. The molecule has 0 unspecified atom stereocenters. The van der Waals surface area contributed by atoms with Crippen molar-refractivity contribution in [2.75, 3.05) is 25.5 Å². The van der Waals surface area contributed by atoms with E-state index >= 15 is 0 Å². The number of hydrogen-bond donors (Lipinski definition) is 2. The summed E-state index contributed by atoms with van der Waals surface area (Å²) >= 11 is 0. The van der Waals surface area contributed by atoms with Crippen molar-refractivity contribution in [1.29, 1.82) is 0 Å². The predicted molar refractivity (Wildman–Crippen MR) is 82.2 cm³/mol. The summed E-state index contributed by atoms with van der Waals surface area (Å²) in [6.07, 6.45) is 1.81. The average molecular weight is 283 g/mol. The lowest BCUT2D eigenvalue weighted by Crippen LogP contribution is -2.18. The molecule has 2 N–H and O–H groups in total. The van der Waals surface area contributed by atoms with E-state index in [1.807, 2.05) is 37.5 Å². The first kappa shape index (κ1) is 13.5. The Bertz CT molecular complexity index is 753. The maximum Gasteiger partial charge on any atom is 0.223 e. The number of aryl methyl sites for hydroxylation is 1. The summed E-state index contributed by atoms with van der Waals surface area (Å²) < 4.78 is 5.04. The van der Waals surface area contributed by atoms with Gasteiger partial charge in [0.05, 0.1) is 0 Å². The zero-order valence-corrected chi connectivity index (χ0v) is 12.1. The zero-order valence-electron chi connectivity index (χ0n) is 12.1. The molecule has 0 aliphatic heterocycles. The van der Waals surface area contributed by atoms with Crippen molar-refractivity contribution in [3.63, 3.8) is 0 Å². The minimum Gasteiger partial charge on any atom is -0.368 e. The Morgan fingerprint density at radius 1 is 1.19 bits per heavy atom. The molecule has 0 bridgehead atoms. The summed E-state index contributed by atoms with van der Waals surface area (Å²) in [7, 11) is 1.93. The van der Waals surface area contributed by atoms with E-state index in [4.69, 9.17) is 4.52 Å². The van der Waals surface area contributed by atoms with Gasteiger partial charge in [-0.1, -0.05) is 17.3 Å². The molecule has 0 saturated carbocycles. The second kappa shape index (κ2) is 5.88. The Hall–Kier alpha value is -2.47. The first-order chi connectivity index (χ1) is 10.3. The SMILES string of the molecule is CNCCNc1nccc2ccc(-c3noc(C)n3)cc12. The number of pyridine rings is 1. The maximum atomic E-state index is 5.04. The Balaban J connectivity index is 2.00. The molecule has 0 atom stereocenters. The molecule has 0 spiro atoms. The lowest BCUT2D eigenvalue weighted by Gasteiger charge is -2.09. The van der Waals surface area contributed by atoms with Crippen molar-refractivity contribution >= 4 is 16.6 Å². The topological polar surface area (TPSA) is 75.9 Å². The monoisotopic (exact) mass is 283 g/mol. The number of anilines is 1. The molecule has 0 aliphatic rings. The Kier molecular flexibility index (Phi) is 3.79. The maximum absolute atomic E-state index is 5.04. The first-order valence-electron chi connectivity index (χ1n) is 6.86.